The van der Waals surface area contributed by atoms with Gasteiger partial charge < -0.3 is 33.7 Å². The number of H-pyrrole nitrogens is 1. The molecule has 0 unspecified atom stereocenters. The quantitative estimate of drug-likeness (QED) is 0.273. The number of hydrogen-bond acceptors (Lipinski definition) is 10. The maximum absolute atomic E-state index is 13.1. The number of benzene rings is 1. The molecule has 37 heavy (non-hydrogen) atoms. The zero-order chi connectivity index (χ0) is 26.4. The van der Waals surface area contributed by atoms with Crippen LogP contribution in [0.25, 0.3) is 22.6 Å². The highest BCUT2D eigenvalue weighted by Gasteiger charge is 2.27. The average molecular weight is 510 g/mol. The molecule has 194 valence electrons. The molecular weight excluding hydrogens is 482 g/mol. The molecule has 3 N–H and O–H groups in total. The predicted molar refractivity (Wildman–Crippen MR) is 131 cm³/mol. The van der Waals surface area contributed by atoms with E-state index in [1.165, 1.54) is 26.7 Å². The Kier molecular flexibility index (Phi) is 7.86. The third-order valence-corrected chi connectivity index (χ3v) is 5.64. The fraction of sp³-hybridized carbons (Fsp3) is 0.320. The summed E-state index contributed by atoms with van der Waals surface area (Å²) in [6.07, 6.45) is 4.77. The zero-order valence-electron chi connectivity index (χ0n) is 20.7. The van der Waals surface area contributed by atoms with Crippen LogP contribution in [0.4, 0.5) is 0 Å². The smallest absolute Gasteiger partial charge is 0.264 e. The number of amides is 1. The summed E-state index contributed by atoms with van der Waals surface area (Å²) in [6.45, 7) is 2.12. The number of aryl methyl sites for hydroxylation is 1. The first-order valence-electron chi connectivity index (χ1n) is 11.6. The van der Waals surface area contributed by atoms with Gasteiger partial charge in [0.05, 0.1) is 38.1 Å². The Labute approximate surface area is 211 Å². The van der Waals surface area contributed by atoms with Crippen LogP contribution in [0.15, 0.2) is 44.3 Å². The number of nitrogens with one attached hydrogen (secondary N) is 2. The molecule has 12 heteroatoms. The fourth-order valence-corrected chi connectivity index (χ4v) is 3.88. The molecule has 0 aliphatic carbocycles. The maximum atomic E-state index is 13.1. The SMILES string of the molecule is CCCCc1[nH]c(=O)c(-c2nnc(CC(=O)NCc3ncco3)o2)c(O)c1-c1c(OC)cccc1OC. The molecule has 1 aromatic carbocycles. The number of aromatic hydroxyl groups is 1. The molecule has 0 bridgehead atoms. The fourth-order valence-electron chi connectivity index (χ4n) is 3.88. The van der Waals surface area contributed by atoms with Crippen molar-refractivity contribution in [2.45, 2.75) is 39.2 Å². The summed E-state index contributed by atoms with van der Waals surface area (Å²) in [4.78, 5) is 32.1. The summed E-state index contributed by atoms with van der Waals surface area (Å²) >= 11 is 0. The monoisotopic (exact) mass is 509 g/mol. The molecular formula is C25H27N5O7. The molecule has 3 aromatic heterocycles. The number of rotatable bonds is 11. The Morgan fingerprint density at radius 1 is 1.11 bits per heavy atom. The molecule has 0 aliphatic heterocycles. The second-order valence-corrected chi connectivity index (χ2v) is 8.05. The van der Waals surface area contributed by atoms with Crippen LogP contribution in [0.5, 0.6) is 17.2 Å². The molecule has 0 fully saturated rings. The third kappa shape index (κ3) is 5.47. The van der Waals surface area contributed by atoms with Crippen molar-refractivity contribution in [3.05, 3.63) is 58.5 Å². The standard InChI is InChI=1S/C25H27N5O7/c1-4-5-7-14-20(21-15(34-2)8-6-9-16(21)35-3)23(32)22(24(33)28-14)25-30-29-18(37-25)12-17(31)27-13-19-26-10-11-36-19/h6,8-11H,4-5,7,12-13H2,1-3H3,(H,27,31)(H2,28,32,33). The van der Waals surface area contributed by atoms with Crippen LogP contribution in [0, 0.1) is 0 Å². The van der Waals surface area contributed by atoms with Crippen LogP contribution in [-0.2, 0) is 24.2 Å². The minimum atomic E-state index is -0.607. The largest absolute Gasteiger partial charge is 0.506 e. The summed E-state index contributed by atoms with van der Waals surface area (Å²) in [5, 5.41) is 21.8. The minimum Gasteiger partial charge on any atom is -0.506 e. The Morgan fingerprint density at radius 2 is 1.86 bits per heavy atom. The van der Waals surface area contributed by atoms with Crippen LogP contribution < -0.4 is 20.3 Å². The van der Waals surface area contributed by atoms with Crippen molar-refractivity contribution < 1.29 is 28.2 Å². The summed E-state index contributed by atoms with van der Waals surface area (Å²) in [5.41, 5.74) is 0.494. The second-order valence-electron chi connectivity index (χ2n) is 8.05. The van der Waals surface area contributed by atoms with Crippen LogP contribution in [0.2, 0.25) is 0 Å². The number of unbranched alkanes of at least 4 members (excludes halogenated alkanes) is 1. The number of nitrogens with zero attached hydrogens (tertiary/aromatic N) is 3. The van der Waals surface area contributed by atoms with E-state index in [0.29, 0.717) is 40.6 Å². The average Bonchev–Trinajstić information content (AvgIpc) is 3.58. The highest BCUT2D eigenvalue weighted by molar-refractivity contribution is 5.87. The van der Waals surface area contributed by atoms with Gasteiger partial charge in [0, 0.05) is 5.69 Å². The van der Waals surface area contributed by atoms with Crippen LogP contribution in [-0.4, -0.2) is 45.4 Å². The number of aromatic amines is 1. The van der Waals surface area contributed by atoms with Gasteiger partial charge in [-0.2, -0.15) is 0 Å². The molecule has 0 radical (unpaired) electrons. The van der Waals surface area contributed by atoms with Crippen molar-refractivity contribution in [1.82, 2.24) is 25.5 Å². The molecule has 0 saturated heterocycles. The maximum Gasteiger partial charge on any atom is 0.264 e. The summed E-state index contributed by atoms with van der Waals surface area (Å²) < 4.78 is 21.8. The van der Waals surface area contributed by atoms with Gasteiger partial charge in [0.15, 0.2) is 0 Å². The second kappa shape index (κ2) is 11.4. The van der Waals surface area contributed by atoms with E-state index in [4.69, 9.17) is 18.3 Å². The first-order valence-corrected chi connectivity index (χ1v) is 11.6. The van der Waals surface area contributed by atoms with Crippen LogP contribution in [0.3, 0.4) is 0 Å². The van der Waals surface area contributed by atoms with E-state index >= 15 is 0 Å². The molecule has 0 saturated carbocycles. The molecule has 4 aromatic rings. The van der Waals surface area contributed by atoms with Crippen molar-refractivity contribution in [3.8, 4) is 39.8 Å². The van der Waals surface area contributed by atoms with Gasteiger partial charge in [-0.3, -0.25) is 9.59 Å². The van der Waals surface area contributed by atoms with Crippen molar-refractivity contribution in [3.63, 3.8) is 0 Å². The Hall–Kier alpha value is -4.61. The number of hydrogen-bond donors (Lipinski definition) is 3. The van der Waals surface area contributed by atoms with Gasteiger partial charge in [0.1, 0.15) is 35.5 Å². The number of methoxy groups -OCH3 is 2. The van der Waals surface area contributed by atoms with Gasteiger partial charge >= 0.3 is 0 Å². The van der Waals surface area contributed by atoms with Gasteiger partial charge in [0.2, 0.25) is 17.7 Å². The lowest BCUT2D eigenvalue weighted by molar-refractivity contribution is -0.121. The molecule has 4 rings (SSSR count). The number of carbonyl (C=O) groups is 1. The topological polar surface area (TPSA) is 166 Å². The van der Waals surface area contributed by atoms with Gasteiger partial charge in [-0.1, -0.05) is 19.4 Å². The molecule has 0 atom stereocenters. The van der Waals surface area contributed by atoms with Gasteiger partial charge in [-0.25, -0.2) is 4.98 Å². The number of carbonyl (C=O) groups excluding carboxylic acids is 1. The number of oxazole rings is 1. The highest BCUT2D eigenvalue weighted by Crippen LogP contribution is 2.46. The van der Waals surface area contributed by atoms with Crippen LogP contribution >= 0.6 is 0 Å². The van der Waals surface area contributed by atoms with E-state index in [9.17, 15) is 14.7 Å². The van der Waals surface area contributed by atoms with E-state index in [1.54, 1.807) is 18.2 Å². The zero-order valence-corrected chi connectivity index (χ0v) is 20.7. The number of pyridine rings is 1. The molecule has 0 aliphatic rings. The Balaban J connectivity index is 1.72. The van der Waals surface area contributed by atoms with E-state index in [-0.39, 0.29) is 36.1 Å². The van der Waals surface area contributed by atoms with Crippen molar-refractivity contribution in [2.24, 2.45) is 0 Å². The summed E-state index contributed by atoms with van der Waals surface area (Å²) in [5.74, 6) is 0.191. The molecule has 3 heterocycles. The van der Waals surface area contributed by atoms with Gasteiger partial charge in [0.25, 0.3) is 11.4 Å². The van der Waals surface area contributed by atoms with Gasteiger partial charge in [-0.05, 0) is 25.0 Å². The lowest BCUT2D eigenvalue weighted by atomic mass is 9.96. The van der Waals surface area contributed by atoms with Gasteiger partial charge in [-0.15, -0.1) is 10.2 Å². The lowest BCUT2D eigenvalue weighted by Gasteiger charge is -2.18. The van der Waals surface area contributed by atoms with Crippen LogP contribution in [0.1, 0.15) is 37.2 Å². The number of aromatic nitrogens is 4. The predicted octanol–water partition coefficient (Wildman–Crippen LogP) is 3.00. The number of ether oxygens (including phenoxy) is 2. The highest BCUT2D eigenvalue weighted by atomic mass is 16.5. The molecule has 0 spiro atoms. The van der Waals surface area contributed by atoms with E-state index in [1.807, 2.05) is 6.92 Å². The molecule has 12 nitrogen and oxygen atoms in total. The summed E-state index contributed by atoms with van der Waals surface area (Å²) in [6, 6.07) is 5.22. The van der Waals surface area contributed by atoms with E-state index < -0.39 is 11.5 Å². The normalized spacial score (nSPS) is 10.9. The summed E-state index contributed by atoms with van der Waals surface area (Å²) in [7, 11) is 3.01. The first kappa shape index (κ1) is 25.5. The van der Waals surface area contributed by atoms with E-state index in [0.717, 1.165) is 12.8 Å². The van der Waals surface area contributed by atoms with E-state index in [2.05, 4.69) is 25.5 Å². The Bertz CT molecular complexity index is 1400. The van der Waals surface area contributed by atoms with Crippen molar-refractivity contribution in [2.75, 3.05) is 14.2 Å². The Morgan fingerprint density at radius 3 is 2.51 bits per heavy atom. The van der Waals surface area contributed by atoms with Crippen molar-refractivity contribution >= 4 is 5.91 Å². The lowest BCUT2D eigenvalue weighted by Crippen LogP contribution is -2.24. The van der Waals surface area contributed by atoms with Crippen molar-refractivity contribution in [1.29, 1.82) is 0 Å². The minimum absolute atomic E-state index is 0.0369. The third-order valence-electron chi connectivity index (χ3n) is 5.64. The first-order chi connectivity index (χ1) is 18.0. The molecule has 1 amide bonds.